The Labute approximate surface area is 159 Å². The monoisotopic (exact) mass is 375 g/mol. The summed E-state index contributed by atoms with van der Waals surface area (Å²) in [6.45, 7) is 4.35. The van der Waals surface area contributed by atoms with E-state index in [-0.39, 0.29) is 17.7 Å². The molecule has 1 saturated heterocycles. The van der Waals surface area contributed by atoms with Gasteiger partial charge in [-0.2, -0.15) is 5.26 Å². The number of nitrogens with zero attached hydrogens (tertiary/aromatic N) is 7. The van der Waals surface area contributed by atoms with Gasteiger partial charge in [0.25, 0.3) is 5.56 Å². The summed E-state index contributed by atoms with van der Waals surface area (Å²) in [5, 5.41) is 17.2. The van der Waals surface area contributed by atoms with Crippen LogP contribution in [0, 0.1) is 18.4 Å². The number of ether oxygens (including phenoxy) is 1. The van der Waals surface area contributed by atoms with E-state index in [1.54, 1.807) is 17.7 Å². The van der Waals surface area contributed by atoms with E-state index in [2.05, 4.69) is 15.3 Å². The highest BCUT2D eigenvalue weighted by molar-refractivity contribution is 5.85. The second-order valence-electron chi connectivity index (χ2n) is 6.94. The molecule has 1 aliphatic heterocycles. The Morgan fingerprint density at radius 3 is 2.79 bits per heavy atom. The van der Waals surface area contributed by atoms with Crippen molar-refractivity contribution in [1.29, 1.82) is 5.26 Å². The molecular formula is C19H17N7O2. The first kappa shape index (κ1) is 16.6. The van der Waals surface area contributed by atoms with Crippen LogP contribution < -0.4 is 5.56 Å². The number of aryl methyl sites for hydroxylation is 1. The largest absolute Gasteiger partial charge is 0.376 e. The van der Waals surface area contributed by atoms with Crippen molar-refractivity contribution in [2.75, 3.05) is 6.61 Å². The number of fused-ring (bicyclic) bond motifs is 3. The standard InChI is InChI=1S/C19H17N7O2/c1-11-17(25(9-20)23-22-11)16-18-19(27)26(13-7-8-28-12(13)2)15-6-4-3-5-14(15)24(18)10-21-16/h3-6,10,12-13H,7-8H2,1-2H3. The Balaban J connectivity index is 1.93. The fraction of sp³-hybridized carbons (Fsp3) is 0.316. The van der Waals surface area contributed by atoms with E-state index in [4.69, 9.17) is 4.74 Å². The zero-order valence-electron chi connectivity index (χ0n) is 15.4. The summed E-state index contributed by atoms with van der Waals surface area (Å²) < 4.78 is 10.4. The van der Waals surface area contributed by atoms with Gasteiger partial charge in [0.2, 0.25) is 6.19 Å². The highest BCUT2D eigenvalue weighted by Gasteiger charge is 2.30. The molecule has 0 amide bonds. The predicted molar refractivity (Wildman–Crippen MR) is 101 cm³/mol. The number of hydrogen-bond donors (Lipinski definition) is 0. The fourth-order valence-electron chi connectivity index (χ4n) is 4.09. The second kappa shape index (κ2) is 6.00. The Bertz CT molecular complexity index is 1320. The number of benzene rings is 1. The van der Waals surface area contributed by atoms with Crippen molar-refractivity contribution in [3.05, 3.63) is 46.6 Å². The van der Waals surface area contributed by atoms with Crippen LogP contribution in [0.1, 0.15) is 25.1 Å². The molecule has 3 aromatic heterocycles. The van der Waals surface area contributed by atoms with Crippen molar-refractivity contribution < 1.29 is 4.74 Å². The van der Waals surface area contributed by atoms with Crippen molar-refractivity contribution >= 4 is 16.6 Å². The molecule has 0 radical (unpaired) electrons. The molecule has 5 rings (SSSR count). The quantitative estimate of drug-likeness (QED) is 0.530. The van der Waals surface area contributed by atoms with E-state index >= 15 is 0 Å². The van der Waals surface area contributed by atoms with Gasteiger partial charge < -0.3 is 4.74 Å². The first-order valence-corrected chi connectivity index (χ1v) is 9.06. The van der Waals surface area contributed by atoms with Gasteiger partial charge in [0.05, 0.1) is 28.9 Å². The second-order valence-corrected chi connectivity index (χ2v) is 6.94. The number of imidazole rings is 1. The van der Waals surface area contributed by atoms with E-state index in [0.717, 1.165) is 22.1 Å². The summed E-state index contributed by atoms with van der Waals surface area (Å²) >= 11 is 0. The van der Waals surface area contributed by atoms with Gasteiger partial charge in [-0.05, 0) is 32.4 Å². The van der Waals surface area contributed by atoms with E-state index in [1.807, 2.05) is 41.9 Å². The molecule has 4 heterocycles. The van der Waals surface area contributed by atoms with Crippen molar-refractivity contribution in [3.63, 3.8) is 0 Å². The van der Waals surface area contributed by atoms with Crippen molar-refractivity contribution in [2.45, 2.75) is 32.4 Å². The zero-order valence-corrected chi connectivity index (χ0v) is 15.4. The first-order valence-electron chi connectivity index (χ1n) is 9.06. The lowest BCUT2D eigenvalue weighted by Crippen LogP contribution is -2.30. The predicted octanol–water partition coefficient (Wildman–Crippen LogP) is 1.90. The molecule has 4 aromatic rings. The van der Waals surface area contributed by atoms with Gasteiger partial charge in [-0.3, -0.25) is 13.8 Å². The molecule has 1 aromatic carbocycles. The van der Waals surface area contributed by atoms with Gasteiger partial charge in [0, 0.05) is 6.61 Å². The molecule has 0 spiro atoms. The summed E-state index contributed by atoms with van der Waals surface area (Å²) in [7, 11) is 0. The molecule has 9 heteroatoms. The summed E-state index contributed by atoms with van der Waals surface area (Å²) in [6.07, 6.45) is 4.28. The lowest BCUT2D eigenvalue weighted by molar-refractivity contribution is 0.108. The number of para-hydroxylation sites is 2. The van der Waals surface area contributed by atoms with Crippen LogP contribution in [0.4, 0.5) is 0 Å². The van der Waals surface area contributed by atoms with Crippen LogP contribution >= 0.6 is 0 Å². The molecule has 0 bridgehead atoms. The van der Waals surface area contributed by atoms with Gasteiger partial charge in [0.15, 0.2) is 0 Å². The third-order valence-electron chi connectivity index (χ3n) is 5.42. The van der Waals surface area contributed by atoms with Crippen LogP contribution in [-0.2, 0) is 4.74 Å². The summed E-state index contributed by atoms with van der Waals surface area (Å²) in [4.78, 5) is 18.1. The maximum atomic E-state index is 13.7. The van der Waals surface area contributed by atoms with Gasteiger partial charge in [-0.15, -0.1) is 9.78 Å². The smallest absolute Gasteiger partial charge is 0.278 e. The molecule has 1 fully saturated rings. The molecule has 0 N–H and O–H groups in total. The number of nitriles is 1. The van der Waals surface area contributed by atoms with Gasteiger partial charge >= 0.3 is 0 Å². The minimum absolute atomic E-state index is 0.0646. The molecule has 28 heavy (non-hydrogen) atoms. The van der Waals surface area contributed by atoms with Crippen LogP contribution in [0.2, 0.25) is 0 Å². The SMILES string of the molecule is Cc1nnn(C#N)c1-c1ncn2c1c(=O)n(C1CCOC1C)c1ccccc12. The third-order valence-corrected chi connectivity index (χ3v) is 5.42. The Morgan fingerprint density at radius 2 is 2.07 bits per heavy atom. The Morgan fingerprint density at radius 1 is 1.29 bits per heavy atom. The zero-order chi connectivity index (χ0) is 19.4. The number of aromatic nitrogens is 6. The molecule has 2 unspecified atom stereocenters. The van der Waals surface area contributed by atoms with Crippen LogP contribution in [0.3, 0.4) is 0 Å². The molecular weight excluding hydrogens is 358 g/mol. The molecule has 9 nitrogen and oxygen atoms in total. The van der Waals surface area contributed by atoms with Crippen LogP contribution in [0.5, 0.6) is 0 Å². The average Bonchev–Trinajstić information content (AvgIpc) is 3.40. The fourth-order valence-corrected chi connectivity index (χ4v) is 4.09. The summed E-state index contributed by atoms with van der Waals surface area (Å²) in [5.74, 6) is 0. The average molecular weight is 375 g/mol. The van der Waals surface area contributed by atoms with Crippen molar-refractivity contribution in [3.8, 4) is 17.6 Å². The number of hydrogen-bond acceptors (Lipinski definition) is 6. The minimum Gasteiger partial charge on any atom is -0.376 e. The molecule has 2 atom stereocenters. The van der Waals surface area contributed by atoms with E-state index in [1.165, 1.54) is 0 Å². The molecule has 1 aliphatic rings. The Hall–Kier alpha value is -3.51. The highest BCUT2D eigenvalue weighted by atomic mass is 16.5. The maximum absolute atomic E-state index is 13.7. The van der Waals surface area contributed by atoms with Gasteiger partial charge in [0.1, 0.15) is 23.2 Å². The third kappa shape index (κ3) is 2.15. The van der Waals surface area contributed by atoms with E-state index in [9.17, 15) is 10.1 Å². The number of rotatable bonds is 2. The van der Waals surface area contributed by atoms with Gasteiger partial charge in [-0.1, -0.05) is 17.3 Å². The lowest BCUT2D eigenvalue weighted by Gasteiger charge is -2.21. The van der Waals surface area contributed by atoms with Gasteiger partial charge in [-0.25, -0.2) is 4.98 Å². The molecule has 140 valence electrons. The summed E-state index contributed by atoms with van der Waals surface area (Å²) in [6, 6.07) is 7.67. The highest BCUT2D eigenvalue weighted by Crippen LogP contribution is 2.30. The molecule has 0 saturated carbocycles. The topological polar surface area (TPSA) is 103 Å². The van der Waals surface area contributed by atoms with Crippen molar-refractivity contribution in [2.24, 2.45) is 0 Å². The van der Waals surface area contributed by atoms with E-state index < -0.39 is 0 Å². The van der Waals surface area contributed by atoms with Crippen LogP contribution in [0.15, 0.2) is 35.4 Å². The first-order chi connectivity index (χ1) is 13.6. The minimum atomic E-state index is -0.168. The lowest BCUT2D eigenvalue weighted by atomic mass is 10.1. The normalized spacial score (nSPS) is 19.5. The maximum Gasteiger partial charge on any atom is 0.278 e. The molecule has 0 aliphatic carbocycles. The van der Waals surface area contributed by atoms with Crippen LogP contribution in [-0.4, -0.2) is 41.7 Å². The van der Waals surface area contributed by atoms with Crippen LogP contribution in [0.25, 0.3) is 27.9 Å². The van der Waals surface area contributed by atoms with E-state index in [0.29, 0.717) is 29.2 Å². The Kier molecular flexibility index (Phi) is 3.57. The summed E-state index contributed by atoms with van der Waals surface area (Å²) in [5.41, 5.74) is 3.30. The van der Waals surface area contributed by atoms with Crippen molar-refractivity contribution in [1.82, 2.24) is 28.9 Å².